The molecule has 0 aliphatic heterocycles. The summed E-state index contributed by atoms with van der Waals surface area (Å²) in [6.07, 6.45) is 32.9. The van der Waals surface area contributed by atoms with Crippen molar-refractivity contribution in [3.63, 3.8) is 0 Å². The topological polar surface area (TPSA) is 83.1 Å². The molecule has 7 heteroatoms. The molecule has 39 heavy (non-hydrogen) atoms. The fourth-order valence-corrected chi connectivity index (χ4v) is 5.24. The van der Waals surface area contributed by atoms with Gasteiger partial charge in [-0.2, -0.15) is 0 Å². The van der Waals surface area contributed by atoms with Crippen molar-refractivity contribution in [2.45, 2.75) is 96.9 Å². The first-order chi connectivity index (χ1) is 19.1. The van der Waals surface area contributed by atoms with Crippen molar-refractivity contribution in [2.75, 3.05) is 18.4 Å². The number of hydrogen-bond acceptors (Lipinski definition) is 5. The third-order valence-electron chi connectivity index (χ3n) is 6.25. The molecule has 1 aliphatic carbocycles. The van der Waals surface area contributed by atoms with Gasteiger partial charge in [0.05, 0.1) is 12.2 Å². The summed E-state index contributed by atoms with van der Waals surface area (Å²) in [6, 6.07) is 0.496. The average molecular weight is 553 g/mol. The van der Waals surface area contributed by atoms with Crippen LogP contribution in [0, 0.1) is 0 Å². The highest BCUT2D eigenvalue weighted by Gasteiger charge is 2.22. The Morgan fingerprint density at radius 3 is 2.18 bits per heavy atom. The second kappa shape index (κ2) is 21.1. The number of carbonyl (C=O) groups excluding carboxylic acids is 2. The monoisotopic (exact) mass is 552 g/mol. The lowest BCUT2D eigenvalue weighted by Gasteiger charge is -2.21. The number of thiazole rings is 1. The number of fused-ring (bicyclic) bond motifs is 1. The third kappa shape index (κ3) is 15.4. The molecule has 2 rings (SSSR count). The molecule has 3 N–H and O–H groups in total. The highest BCUT2D eigenvalue weighted by atomic mass is 32.1. The molecule has 0 saturated carbocycles. The van der Waals surface area contributed by atoms with Crippen LogP contribution in [0.15, 0.2) is 60.8 Å². The molecule has 1 aromatic heterocycles. The fourth-order valence-electron chi connectivity index (χ4n) is 4.13. The number of anilines is 1. The molecule has 1 aliphatic rings. The molecule has 0 radical (unpaired) electrons. The minimum Gasteiger partial charge on any atom is -0.347 e. The van der Waals surface area contributed by atoms with Gasteiger partial charge >= 0.3 is 0 Å². The standard InChI is InChI=1S/C32H48N4O2S/c1-3-5-6-7-8-9-10-11-12-13-14-15-16-17-18-19-20-21-30(37)34-26-31(38)36-32-35-28-23-22-27(33-24-4-2)25-29(28)39-32/h5-6,8-9,11-12,14-15,17-18,27,33H,3-4,7,10,13,16,19-26H2,1-2H3,(H,34,37)(H,35,36,38). The largest absolute Gasteiger partial charge is 0.347 e. The average Bonchev–Trinajstić information content (AvgIpc) is 3.33. The Labute approximate surface area is 239 Å². The van der Waals surface area contributed by atoms with Gasteiger partial charge in [-0.1, -0.05) is 74.6 Å². The first kappa shape index (κ1) is 32.4. The van der Waals surface area contributed by atoms with E-state index in [1.807, 2.05) is 0 Å². The third-order valence-corrected chi connectivity index (χ3v) is 7.28. The van der Waals surface area contributed by atoms with E-state index >= 15 is 0 Å². The Bertz CT molecular complexity index is 990. The Morgan fingerprint density at radius 2 is 1.54 bits per heavy atom. The van der Waals surface area contributed by atoms with Gasteiger partial charge in [-0.05, 0) is 77.2 Å². The molecule has 0 fully saturated rings. The van der Waals surface area contributed by atoms with Crippen molar-refractivity contribution < 1.29 is 9.59 Å². The summed E-state index contributed by atoms with van der Waals surface area (Å²) >= 11 is 1.55. The lowest BCUT2D eigenvalue weighted by molar-refractivity contribution is -0.124. The smallest absolute Gasteiger partial charge is 0.245 e. The van der Waals surface area contributed by atoms with E-state index in [-0.39, 0.29) is 18.4 Å². The number of amides is 2. The van der Waals surface area contributed by atoms with Crippen LogP contribution >= 0.6 is 11.3 Å². The highest BCUT2D eigenvalue weighted by molar-refractivity contribution is 7.15. The van der Waals surface area contributed by atoms with Crippen LogP contribution in [0.1, 0.15) is 88.6 Å². The maximum atomic E-state index is 12.3. The van der Waals surface area contributed by atoms with Crippen molar-refractivity contribution in [3.05, 3.63) is 71.3 Å². The normalized spacial score (nSPS) is 15.8. The number of carbonyl (C=O) groups is 2. The van der Waals surface area contributed by atoms with E-state index in [9.17, 15) is 9.59 Å². The van der Waals surface area contributed by atoms with Crippen LogP contribution in [0.3, 0.4) is 0 Å². The summed E-state index contributed by atoms with van der Waals surface area (Å²) < 4.78 is 0. The lowest BCUT2D eigenvalue weighted by atomic mass is 9.98. The summed E-state index contributed by atoms with van der Waals surface area (Å²) in [7, 11) is 0. The quantitative estimate of drug-likeness (QED) is 0.128. The SMILES string of the molecule is CCC=CCC=CCC=CCC=CCC=CCCCC(=O)NCC(=O)Nc1nc2c(s1)CC(NCCC)CC2. The van der Waals surface area contributed by atoms with Crippen molar-refractivity contribution in [1.29, 1.82) is 0 Å². The van der Waals surface area contributed by atoms with Gasteiger partial charge in [0.25, 0.3) is 0 Å². The number of rotatable bonds is 19. The first-order valence-electron chi connectivity index (χ1n) is 14.7. The van der Waals surface area contributed by atoms with Crippen LogP contribution in [0.25, 0.3) is 0 Å². The zero-order valence-electron chi connectivity index (χ0n) is 23.9. The molecule has 1 aromatic rings. The van der Waals surface area contributed by atoms with Crippen molar-refractivity contribution in [3.8, 4) is 0 Å². The minimum atomic E-state index is -0.229. The van der Waals surface area contributed by atoms with Crippen LogP contribution in [0.2, 0.25) is 0 Å². The van der Waals surface area contributed by atoms with Gasteiger partial charge < -0.3 is 16.0 Å². The Balaban J connectivity index is 1.49. The molecule has 0 saturated heterocycles. The molecule has 2 amide bonds. The van der Waals surface area contributed by atoms with Gasteiger partial charge in [0.1, 0.15) is 0 Å². The highest BCUT2D eigenvalue weighted by Crippen LogP contribution is 2.29. The van der Waals surface area contributed by atoms with E-state index in [1.165, 1.54) is 4.88 Å². The molecule has 214 valence electrons. The number of nitrogens with zero attached hydrogens (tertiary/aromatic N) is 1. The van der Waals surface area contributed by atoms with Crippen molar-refractivity contribution in [2.24, 2.45) is 0 Å². The van der Waals surface area contributed by atoms with Gasteiger partial charge in [0, 0.05) is 17.3 Å². The van der Waals surface area contributed by atoms with Gasteiger partial charge in [0.2, 0.25) is 11.8 Å². The maximum Gasteiger partial charge on any atom is 0.245 e. The van der Waals surface area contributed by atoms with E-state index in [0.29, 0.717) is 17.6 Å². The second-order valence-electron chi connectivity index (χ2n) is 9.71. The number of aromatic nitrogens is 1. The van der Waals surface area contributed by atoms with Crippen LogP contribution in [-0.2, 0) is 22.4 Å². The van der Waals surface area contributed by atoms with E-state index in [2.05, 4.69) is 95.5 Å². The maximum absolute atomic E-state index is 12.3. The number of allylic oxidation sites excluding steroid dienone is 10. The predicted octanol–water partition coefficient (Wildman–Crippen LogP) is 6.98. The van der Waals surface area contributed by atoms with E-state index in [0.717, 1.165) is 82.9 Å². The number of aryl methyl sites for hydroxylation is 1. The van der Waals surface area contributed by atoms with E-state index < -0.39 is 0 Å². The molecule has 1 atom stereocenters. The van der Waals surface area contributed by atoms with E-state index in [4.69, 9.17) is 0 Å². The van der Waals surface area contributed by atoms with Crippen LogP contribution in [0.5, 0.6) is 0 Å². The predicted molar refractivity (Wildman–Crippen MR) is 166 cm³/mol. The molecule has 0 bridgehead atoms. The molecule has 6 nitrogen and oxygen atoms in total. The summed E-state index contributed by atoms with van der Waals surface area (Å²) in [6.45, 7) is 5.33. The number of unbranched alkanes of at least 4 members (excludes halogenated alkanes) is 1. The van der Waals surface area contributed by atoms with Crippen LogP contribution in [-0.4, -0.2) is 35.9 Å². The summed E-state index contributed by atoms with van der Waals surface area (Å²) in [4.78, 5) is 30.2. The number of nitrogens with one attached hydrogen (secondary N) is 3. The van der Waals surface area contributed by atoms with Gasteiger partial charge in [-0.3, -0.25) is 9.59 Å². The van der Waals surface area contributed by atoms with E-state index in [1.54, 1.807) is 11.3 Å². The van der Waals surface area contributed by atoms with Crippen LogP contribution in [0.4, 0.5) is 5.13 Å². The van der Waals surface area contributed by atoms with Crippen molar-refractivity contribution >= 4 is 28.3 Å². The minimum absolute atomic E-state index is 0.0224. The van der Waals surface area contributed by atoms with Gasteiger partial charge in [0.15, 0.2) is 5.13 Å². The molecular weight excluding hydrogens is 504 g/mol. The second-order valence-corrected chi connectivity index (χ2v) is 10.8. The Hall–Kier alpha value is -2.77. The van der Waals surface area contributed by atoms with Gasteiger partial charge in [-0.15, -0.1) is 11.3 Å². The lowest BCUT2D eigenvalue weighted by Crippen LogP contribution is -2.34. The zero-order valence-corrected chi connectivity index (χ0v) is 24.7. The van der Waals surface area contributed by atoms with Gasteiger partial charge in [-0.25, -0.2) is 4.98 Å². The summed E-state index contributed by atoms with van der Waals surface area (Å²) in [5.41, 5.74) is 1.10. The summed E-state index contributed by atoms with van der Waals surface area (Å²) in [5, 5.41) is 9.77. The zero-order chi connectivity index (χ0) is 28.0. The molecular formula is C32H48N4O2S. The molecule has 1 unspecified atom stereocenters. The number of hydrogen-bond donors (Lipinski definition) is 3. The Kier molecular flexibility index (Phi) is 17.6. The first-order valence-corrected chi connectivity index (χ1v) is 15.5. The Morgan fingerprint density at radius 1 is 0.897 bits per heavy atom. The summed E-state index contributed by atoms with van der Waals surface area (Å²) in [5.74, 6) is -0.325. The fraction of sp³-hybridized carbons (Fsp3) is 0.531. The van der Waals surface area contributed by atoms with Crippen molar-refractivity contribution in [1.82, 2.24) is 15.6 Å². The molecule has 0 aromatic carbocycles. The molecule has 0 spiro atoms. The molecule has 1 heterocycles. The van der Waals surface area contributed by atoms with Crippen LogP contribution < -0.4 is 16.0 Å².